The van der Waals surface area contributed by atoms with E-state index in [1.54, 1.807) is 31.1 Å². The minimum absolute atomic E-state index is 0. The fourth-order valence-electron chi connectivity index (χ4n) is 3.79. The third-order valence-electron chi connectivity index (χ3n) is 6.11. The number of hydrogen-bond acceptors (Lipinski definition) is 4. The molecule has 1 aromatic heterocycles. The van der Waals surface area contributed by atoms with Gasteiger partial charge in [0, 0.05) is 33.5 Å². The van der Waals surface area contributed by atoms with Crippen molar-refractivity contribution in [1.29, 1.82) is 0 Å². The van der Waals surface area contributed by atoms with E-state index in [1.165, 1.54) is 69.8 Å². The Bertz CT molecular complexity index is 732. The SMILES string of the molecule is C1=CCC=C1.C1CCCC1.C1CCCC1.CC.CC.CC.CC.CC.CC.CC.CN[C@@H](CCSC)C(C)=O.Cc1ccccc1.[CH3-].[W].c1ccncc1. The maximum Gasteiger partial charge on any atom is 0.146 e. The Kier molecular flexibility index (Phi) is 133. The number of nitrogens with one attached hydrogen (secondary N) is 1. The van der Waals surface area contributed by atoms with Gasteiger partial charge in [-0.15, -0.1) is 0 Å². The summed E-state index contributed by atoms with van der Waals surface area (Å²) in [7, 11) is 1.83. The van der Waals surface area contributed by atoms with Crippen molar-refractivity contribution in [2.24, 2.45) is 0 Å². The predicted molar refractivity (Wildman–Crippen MR) is 257 cm³/mol. The van der Waals surface area contributed by atoms with Gasteiger partial charge in [-0.25, -0.2) is 0 Å². The molecule has 1 aromatic carbocycles. The number of allylic oxidation sites excluding steroid dienone is 4. The molecule has 0 spiro atoms. The normalized spacial score (nSPS) is 11.3. The van der Waals surface area contributed by atoms with E-state index < -0.39 is 0 Å². The van der Waals surface area contributed by atoms with E-state index in [4.69, 9.17) is 0 Å². The number of aryl methyl sites for hydroxylation is 1. The van der Waals surface area contributed by atoms with Gasteiger partial charge in [0.1, 0.15) is 5.78 Å². The van der Waals surface area contributed by atoms with E-state index in [0.717, 1.165) is 18.6 Å². The van der Waals surface area contributed by atoms with Crippen molar-refractivity contribution in [3.05, 3.63) is 98.2 Å². The Morgan fingerprint density at radius 2 is 0.944 bits per heavy atom. The molecule has 3 nitrogen and oxygen atoms in total. The Labute approximate surface area is 362 Å². The molecule has 3 aliphatic rings. The zero-order chi connectivity index (χ0) is 41.9. The van der Waals surface area contributed by atoms with Crippen LogP contribution in [0.5, 0.6) is 0 Å². The molecule has 54 heavy (non-hydrogen) atoms. The number of pyridine rings is 1. The van der Waals surface area contributed by atoms with Crippen LogP contribution in [0.2, 0.25) is 0 Å². The van der Waals surface area contributed by atoms with Gasteiger partial charge in [-0.1, -0.05) is 227 Å². The molecular weight excluding hydrogens is 848 g/mol. The van der Waals surface area contributed by atoms with Crippen molar-refractivity contribution >= 4 is 17.5 Å². The van der Waals surface area contributed by atoms with Gasteiger partial charge in [0.15, 0.2) is 0 Å². The van der Waals surface area contributed by atoms with Crippen LogP contribution in [0, 0.1) is 14.4 Å². The minimum atomic E-state index is 0. The maximum atomic E-state index is 10.8. The fourth-order valence-corrected chi connectivity index (χ4v) is 4.27. The van der Waals surface area contributed by atoms with E-state index >= 15 is 0 Å². The average Bonchev–Trinajstić information content (AvgIpc) is 4.11. The molecule has 0 aliphatic heterocycles. The molecule has 0 bridgehead atoms. The Balaban J connectivity index is -0.0000000506. The Morgan fingerprint density at radius 3 is 1.09 bits per heavy atom. The predicted octanol–water partition coefficient (Wildman–Crippen LogP) is 17.0. The smallest absolute Gasteiger partial charge is 0.146 e. The Hall–Kier alpha value is -1.48. The quantitative estimate of drug-likeness (QED) is 0.303. The van der Waals surface area contributed by atoms with Crippen LogP contribution in [-0.2, 0) is 25.9 Å². The Morgan fingerprint density at radius 1 is 0.630 bits per heavy atom. The number of ketones is 1. The molecule has 5 heteroatoms. The van der Waals surface area contributed by atoms with Crippen molar-refractivity contribution in [3.63, 3.8) is 0 Å². The van der Waals surface area contributed by atoms with Crippen LogP contribution in [-0.4, -0.2) is 35.9 Å². The van der Waals surface area contributed by atoms with E-state index in [-0.39, 0.29) is 40.3 Å². The number of carbonyl (C=O) groups excluding carboxylic acids is 1. The molecule has 0 saturated heterocycles. The number of thioether (sulfide) groups is 1. The summed E-state index contributed by atoms with van der Waals surface area (Å²) in [6.07, 6.45) is 31.0. The van der Waals surface area contributed by atoms with Crippen LogP contribution in [0.3, 0.4) is 0 Å². The summed E-state index contributed by atoms with van der Waals surface area (Å²) in [6.45, 7) is 31.7. The number of rotatable bonds is 5. The molecule has 1 N–H and O–H groups in total. The van der Waals surface area contributed by atoms with Crippen LogP contribution < -0.4 is 5.32 Å². The first-order valence-corrected chi connectivity index (χ1v) is 22.9. The fraction of sp³-hybridized carbons (Fsp3) is 0.653. The first kappa shape index (κ1) is 77.1. The number of aromatic nitrogens is 1. The van der Waals surface area contributed by atoms with Crippen LogP contribution in [0.15, 0.2) is 85.2 Å². The maximum absolute atomic E-state index is 10.8. The number of benzene rings is 1. The van der Waals surface area contributed by atoms with Crippen LogP contribution in [0.1, 0.15) is 186 Å². The third-order valence-corrected chi connectivity index (χ3v) is 6.76. The summed E-state index contributed by atoms with van der Waals surface area (Å²) in [5.74, 6) is 1.28. The number of nitrogens with zero attached hydrogens (tertiary/aromatic N) is 1. The van der Waals surface area contributed by atoms with Gasteiger partial charge >= 0.3 is 0 Å². The van der Waals surface area contributed by atoms with Crippen molar-refractivity contribution in [2.75, 3.05) is 19.1 Å². The summed E-state index contributed by atoms with van der Waals surface area (Å²) in [6, 6.07) is 16.0. The molecule has 0 radical (unpaired) electrons. The van der Waals surface area contributed by atoms with Crippen molar-refractivity contribution in [2.45, 2.75) is 194 Å². The number of hydrogen-bond donors (Lipinski definition) is 1. The molecule has 1 atom stereocenters. The van der Waals surface area contributed by atoms with E-state index in [1.807, 2.05) is 147 Å². The third kappa shape index (κ3) is 88.0. The molecule has 5 rings (SSSR count). The van der Waals surface area contributed by atoms with Gasteiger partial charge in [0.05, 0.1) is 6.04 Å². The van der Waals surface area contributed by atoms with E-state index in [0.29, 0.717) is 0 Å². The number of likely N-dealkylation sites (N-methyl/N-ethyl adjacent to an activating group) is 1. The van der Waals surface area contributed by atoms with Crippen molar-refractivity contribution < 1.29 is 25.9 Å². The second-order valence-electron chi connectivity index (χ2n) is 9.54. The van der Waals surface area contributed by atoms with E-state index in [9.17, 15) is 4.79 Å². The molecule has 1 heterocycles. The molecule has 0 unspecified atom stereocenters. The summed E-state index contributed by atoms with van der Waals surface area (Å²) < 4.78 is 0. The van der Waals surface area contributed by atoms with Crippen LogP contribution >= 0.6 is 11.8 Å². The molecule has 324 valence electrons. The van der Waals surface area contributed by atoms with Crippen LogP contribution in [0.4, 0.5) is 0 Å². The second kappa shape index (κ2) is 93.4. The topological polar surface area (TPSA) is 42.0 Å². The van der Waals surface area contributed by atoms with Crippen molar-refractivity contribution in [3.8, 4) is 0 Å². The summed E-state index contributed by atoms with van der Waals surface area (Å²) in [5.41, 5.74) is 1.32. The monoisotopic (exact) mass is 948 g/mol. The van der Waals surface area contributed by atoms with Gasteiger partial charge < -0.3 is 12.7 Å². The van der Waals surface area contributed by atoms with Gasteiger partial charge in [-0.2, -0.15) is 11.8 Å². The molecule has 2 aromatic rings. The standard InChI is InChI=1S/C7H15NOS.C7H8.C5H5N.2C5H10.C5H6.7C2H6.CH3.W/c1-6(9)7(8-2)4-5-10-3;1-7-5-3-2-4-6-7;1-2-4-6-5-3-1;3*1-2-4-5-3-1;7*1-2;;/h7-8H,4-5H2,1-3H3;2-6H,1H3;1-5H;2*1-5H2;1-4H,5H2;7*1-2H3;1H3;/q;;;;;;;;;;;;;-1;/t7-;;;;;;;;;;;;;;/m0............../s1. The first-order valence-electron chi connectivity index (χ1n) is 21.5. The van der Waals surface area contributed by atoms with Crippen LogP contribution in [0.25, 0.3) is 0 Å². The largest absolute Gasteiger partial charge is 0.358 e. The summed E-state index contributed by atoms with van der Waals surface area (Å²) >= 11 is 1.77. The van der Waals surface area contributed by atoms with Gasteiger partial charge in [-0.3, -0.25) is 9.78 Å². The minimum Gasteiger partial charge on any atom is -0.358 e. The zero-order valence-electron chi connectivity index (χ0n) is 40.0. The number of carbonyl (C=O) groups is 1. The second-order valence-corrected chi connectivity index (χ2v) is 10.5. The summed E-state index contributed by atoms with van der Waals surface area (Å²) in [4.78, 5) is 14.6. The van der Waals surface area contributed by atoms with Gasteiger partial charge in [0.25, 0.3) is 0 Å². The van der Waals surface area contributed by atoms with Crippen molar-refractivity contribution in [1.82, 2.24) is 10.3 Å². The molecule has 3 aliphatic carbocycles. The number of Topliss-reactive ketones (excluding diaryl/α,β-unsaturated/α-hetero) is 1. The molecule has 0 amide bonds. The molecule has 2 fully saturated rings. The van der Waals surface area contributed by atoms with Gasteiger partial charge in [-0.05, 0) is 57.9 Å². The molecule has 2 saturated carbocycles. The average molecular weight is 948 g/mol. The first-order chi connectivity index (χ1) is 25.6. The zero-order valence-corrected chi connectivity index (χ0v) is 43.8. The summed E-state index contributed by atoms with van der Waals surface area (Å²) in [5, 5.41) is 2.97. The van der Waals surface area contributed by atoms with E-state index in [2.05, 4.69) is 53.7 Å². The molecular formula is C49H99N2OSW-. The van der Waals surface area contributed by atoms with Gasteiger partial charge in [0.2, 0.25) is 0 Å².